The third kappa shape index (κ3) is 4.36. The third-order valence-corrected chi connectivity index (χ3v) is 2.09. The molecule has 0 radical (unpaired) electrons. The first kappa shape index (κ1) is 15.2. The van der Waals surface area contributed by atoms with Crippen molar-refractivity contribution >= 4 is 11.8 Å². The fraction of sp³-hybridized carbons (Fsp3) is 0.500. The van der Waals surface area contributed by atoms with Gasteiger partial charge >= 0.3 is 12.1 Å². The van der Waals surface area contributed by atoms with Gasteiger partial charge < -0.3 is 15.2 Å². The van der Waals surface area contributed by atoms with Crippen molar-refractivity contribution in [3.63, 3.8) is 0 Å². The second-order valence-electron chi connectivity index (χ2n) is 3.53. The average Bonchev–Trinajstić information content (AvgIpc) is 2.33. The SMILES string of the molecule is COCCCNc1nc(C(F)(F)F)ncc1C(=O)O. The summed E-state index contributed by atoms with van der Waals surface area (Å²) < 4.78 is 42.0. The molecule has 106 valence electrons. The minimum Gasteiger partial charge on any atom is -0.477 e. The summed E-state index contributed by atoms with van der Waals surface area (Å²) in [5, 5.41) is 11.4. The van der Waals surface area contributed by atoms with Gasteiger partial charge in [-0.25, -0.2) is 14.8 Å². The Morgan fingerprint density at radius 3 is 2.74 bits per heavy atom. The van der Waals surface area contributed by atoms with Crippen LogP contribution < -0.4 is 5.32 Å². The lowest BCUT2D eigenvalue weighted by atomic mass is 10.3. The fourth-order valence-corrected chi connectivity index (χ4v) is 1.23. The van der Waals surface area contributed by atoms with Gasteiger partial charge in [0.05, 0.1) is 0 Å². The quantitative estimate of drug-likeness (QED) is 0.770. The molecule has 6 nitrogen and oxygen atoms in total. The van der Waals surface area contributed by atoms with Gasteiger partial charge in [-0.1, -0.05) is 0 Å². The zero-order valence-corrected chi connectivity index (χ0v) is 9.99. The lowest BCUT2D eigenvalue weighted by Gasteiger charge is -2.11. The molecule has 9 heteroatoms. The maximum atomic E-state index is 12.4. The van der Waals surface area contributed by atoms with Gasteiger partial charge in [-0.05, 0) is 6.42 Å². The number of hydrogen-bond donors (Lipinski definition) is 2. The second-order valence-corrected chi connectivity index (χ2v) is 3.53. The van der Waals surface area contributed by atoms with Gasteiger partial charge in [0.1, 0.15) is 11.4 Å². The van der Waals surface area contributed by atoms with Crippen LogP contribution in [0.1, 0.15) is 22.6 Å². The number of carboxylic acids is 1. The van der Waals surface area contributed by atoms with E-state index < -0.39 is 23.5 Å². The number of nitrogens with one attached hydrogen (secondary N) is 1. The van der Waals surface area contributed by atoms with Gasteiger partial charge in [0.15, 0.2) is 0 Å². The Kier molecular flexibility index (Phi) is 5.04. The smallest absolute Gasteiger partial charge is 0.451 e. The number of methoxy groups -OCH3 is 1. The Balaban J connectivity index is 2.93. The Morgan fingerprint density at radius 1 is 1.53 bits per heavy atom. The fourth-order valence-electron chi connectivity index (χ4n) is 1.23. The number of alkyl halides is 3. The molecule has 0 saturated carbocycles. The Bertz CT molecular complexity index is 451. The van der Waals surface area contributed by atoms with E-state index in [1.165, 1.54) is 7.11 Å². The van der Waals surface area contributed by atoms with Crippen LogP contribution in [0.5, 0.6) is 0 Å². The minimum absolute atomic E-state index is 0.239. The first-order valence-electron chi connectivity index (χ1n) is 5.26. The first-order chi connectivity index (χ1) is 8.86. The third-order valence-electron chi connectivity index (χ3n) is 2.09. The van der Waals surface area contributed by atoms with Crippen LogP contribution in [0.15, 0.2) is 6.20 Å². The minimum atomic E-state index is -4.72. The van der Waals surface area contributed by atoms with Gasteiger partial charge in [-0.15, -0.1) is 0 Å². The van der Waals surface area contributed by atoms with E-state index in [-0.39, 0.29) is 12.4 Å². The zero-order chi connectivity index (χ0) is 14.5. The predicted octanol–water partition coefficient (Wildman–Crippen LogP) is 1.64. The highest BCUT2D eigenvalue weighted by Gasteiger charge is 2.35. The van der Waals surface area contributed by atoms with Crippen LogP contribution in [0, 0.1) is 0 Å². The molecule has 19 heavy (non-hydrogen) atoms. The number of carboxylic acid groups (broad SMARTS) is 1. The van der Waals surface area contributed by atoms with Crippen molar-refractivity contribution in [3.8, 4) is 0 Å². The normalized spacial score (nSPS) is 11.4. The van der Waals surface area contributed by atoms with Crippen molar-refractivity contribution in [2.75, 3.05) is 25.6 Å². The van der Waals surface area contributed by atoms with Crippen LogP contribution in [0.2, 0.25) is 0 Å². The van der Waals surface area contributed by atoms with Crippen molar-refractivity contribution < 1.29 is 27.8 Å². The molecule has 0 unspecified atom stereocenters. The van der Waals surface area contributed by atoms with Gasteiger partial charge in [0.2, 0.25) is 5.82 Å². The zero-order valence-electron chi connectivity index (χ0n) is 9.99. The summed E-state index contributed by atoms with van der Waals surface area (Å²) in [6, 6.07) is 0. The molecule has 0 atom stereocenters. The van der Waals surface area contributed by atoms with E-state index in [1.807, 2.05) is 0 Å². The van der Waals surface area contributed by atoms with E-state index >= 15 is 0 Å². The van der Waals surface area contributed by atoms with E-state index in [0.29, 0.717) is 19.2 Å². The molecule has 1 aromatic heterocycles. The molecule has 0 saturated heterocycles. The van der Waals surface area contributed by atoms with Crippen LogP contribution in [0.3, 0.4) is 0 Å². The largest absolute Gasteiger partial charge is 0.477 e. The van der Waals surface area contributed by atoms with E-state index in [1.54, 1.807) is 0 Å². The molecule has 0 aliphatic heterocycles. The number of rotatable bonds is 6. The number of nitrogens with zero attached hydrogens (tertiary/aromatic N) is 2. The number of ether oxygens (including phenoxy) is 1. The second kappa shape index (κ2) is 6.32. The summed E-state index contributed by atoms with van der Waals surface area (Å²) in [4.78, 5) is 17.0. The highest BCUT2D eigenvalue weighted by molar-refractivity contribution is 5.92. The summed E-state index contributed by atoms with van der Waals surface area (Å²) >= 11 is 0. The van der Waals surface area contributed by atoms with Crippen molar-refractivity contribution in [1.82, 2.24) is 9.97 Å². The van der Waals surface area contributed by atoms with Crippen LogP contribution in [-0.2, 0) is 10.9 Å². The Morgan fingerprint density at radius 2 is 2.21 bits per heavy atom. The molecule has 0 aromatic carbocycles. The Labute approximate surface area is 106 Å². The molecular weight excluding hydrogens is 267 g/mol. The molecule has 1 rings (SSSR count). The van der Waals surface area contributed by atoms with Gasteiger partial charge in [-0.2, -0.15) is 13.2 Å². The summed E-state index contributed by atoms with van der Waals surface area (Å²) in [5.41, 5.74) is -0.412. The van der Waals surface area contributed by atoms with Crippen LogP contribution >= 0.6 is 0 Å². The first-order valence-corrected chi connectivity index (χ1v) is 5.26. The number of hydrogen-bond acceptors (Lipinski definition) is 5. The lowest BCUT2D eigenvalue weighted by molar-refractivity contribution is -0.144. The van der Waals surface area contributed by atoms with Crippen LogP contribution in [0.25, 0.3) is 0 Å². The average molecular weight is 279 g/mol. The van der Waals surface area contributed by atoms with E-state index in [4.69, 9.17) is 9.84 Å². The topological polar surface area (TPSA) is 84.3 Å². The van der Waals surface area contributed by atoms with E-state index in [2.05, 4.69) is 15.3 Å². The summed E-state index contributed by atoms with van der Waals surface area (Å²) in [7, 11) is 1.48. The molecule has 1 heterocycles. The van der Waals surface area contributed by atoms with Gasteiger partial charge in [-0.3, -0.25) is 0 Å². The monoisotopic (exact) mass is 279 g/mol. The summed E-state index contributed by atoms with van der Waals surface area (Å²) in [5.74, 6) is -3.14. The van der Waals surface area contributed by atoms with Crippen molar-refractivity contribution in [2.45, 2.75) is 12.6 Å². The van der Waals surface area contributed by atoms with Crippen LogP contribution in [-0.4, -0.2) is 41.3 Å². The summed E-state index contributed by atoms with van der Waals surface area (Å²) in [6.07, 6.45) is -3.59. The van der Waals surface area contributed by atoms with Crippen LogP contribution in [0.4, 0.5) is 19.0 Å². The van der Waals surface area contributed by atoms with Crippen molar-refractivity contribution in [3.05, 3.63) is 17.6 Å². The van der Waals surface area contributed by atoms with Crippen molar-refractivity contribution in [1.29, 1.82) is 0 Å². The molecule has 0 amide bonds. The highest BCUT2D eigenvalue weighted by atomic mass is 19.4. The molecule has 0 spiro atoms. The molecule has 2 N–H and O–H groups in total. The lowest BCUT2D eigenvalue weighted by Crippen LogP contribution is -2.17. The standard InChI is InChI=1S/C10H12F3N3O3/c1-19-4-2-3-14-7-6(8(17)18)5-15-9(16-7)10(11,12)13/h5H,2-4H2,1H3,(H,17,18)(H,14,15,16). The predicted molar refractivity (Wildman–Crippen MR) is 59.0 cm³/mol. The van der Waals surface area contributed by atoms with Gasteiger partial charge in [0, 0.05) is 26.5 Å². The molecule has 1 aromatic rings. The molecular formula is C10H12F3N3O3. The van der Waals surface area contributed by atoms with Crippen molar-refractivity contribution in [2.24, 2.45) is 0 Å². The number of halogens is 3. The summed E-state index contributed by atoms with van der Waals surface area (Å²) in [6.45, 7) is 0.634. The van der Waals surface area contributed by atoms with Gasteiger partial charge in [0.25, 0.3) is 0 Å². The molecule has 0 bridgehead atoms. The molecule has 0 aliphatic carbocycles. The maximum Gasteiger partial charge on any atom is 0.451 e. The molecule has 0 aliphatic rings. The number of aromatic carboxylic acids is 1. The number of aromatic nitrogens is 2. The number of anilines is 1. The molecule has 0 fully saturated rings. The van der Waals surface area contributed by atoms with E-state index in [0.717, 1.165) is 0 Å². The highest BCUT2D eigenvalue weighted by Crippen LogP contribution is 2.27. The Hall–Kier alpha value is -1.90. The maximum absolute atomic E-state index is 12.4. The van der Waals surface area contributed by atoms with E-state index in [9.17, 15) is 18.0 Å². The number of carbonyl (C=O) groups is 1.